The molecule has 80 valence electrons. The fourth-order valence-corrected chi connectivity index (χ4v) is 1.89. The number of hydrogen-bond donors (Lipinski definition) is 1. The number of nitrogens with one attached hydrogen (secondary N) is 1. The third kappa shape index (κ3) is 3.99. The van der Waals surface area contributed by atoms with E-state index in [-0.39, 0.29) is 18.2 Å². The fourth-order valence-electron chi connectivity index (χ4n) is 1.89. The van der Waals surface area contributed by atoms with Crippen LogP contribution in [-0.4, -0.2) is 12.5 Å². The van der Waals surface area contributed by atoms with Gasteiger partial charge >= 0.3 is 0 Å². The Labute approximate surface area is 89.9 Å². The van der Waals surface area contributed by atoms with Crippen LogP contribution in [0.15, 0.2) is 0 Å². The van der Waals surface area contributed by atoms with Gasteiger partial charge in [-0.3, -0.25) is 4.79 Å². The van der Waals surface area contributed by atoms with Gasteiger partial charge in [-0.2, -0.15) is 10.5 Å². The van der Waals surface area contributed by atoms with E-state index in [0.717, 1.165) is 25.7 Å². The summed E-state index contributed by atoms with van der Waals surface area (Å²) in [4.78, 5) is 11.0. The van der Waals surface area contributed by atoms with Gasteiger partial charge in [-0.25, -0.2) is 0 Å². The number of carbonyl (C=O) groups excluding carboxylic acids is 1. The van der Waals surface area contributed by atoms with Crippen LogP contribution < -0.4 is 5.32 Å². The van der Waals surface area contributed by atoms with Crippen LogP contribution in [0.4, 0.5) is 0 Å². The first-order chi connectivity index (χ1) is 7.26. The van der Waals surface area contributed by atoms with E-state index in [1.807, 2.05) is 6.07 Å². The maximum atomic E-state index is 11.0. The molecule has 0 aromatic rings. The first-order valence-electron chi connectivity index (χ1n) is 5.29. The van der Waals surface area contributed by atoms with Crippen LogP contribution in [0.5, 0.6) is 0 Å². The summed E-state index contributed by atoms with van der Waals surface area (Å²) in [6.45, 7) is 0.651. The second-order valence-electron chi connectivity index (χ2n) is 3.99. The van der Waals surface area contributed by atoms with Gasteiger partial charge in [0.25, 0.3) is 0 Å². The summed E-state index contributed by atoms with van der Waals surface area (Å²) in [5.41, 5.74) is 0. The standard InChI is InChI=1S/C11H15N3O/c12-6-5-11(15)14-8-10-3-1-9(7-13)2-4-10/h9-10H,1-5,8H2,(H,14,15). The molecule has 0 aliphatic heterocycles. The minimum atomic E-state index is -0.195. The largest absolute Gasteiger partial charge is 0.355 e. The predicted octanol–water partition coefficient (Wildman–Crippen LogP) is 1.35. The van der Waals surface area contributed by atoms with Crippen LogP contribution >= 0.6 is 0 Å². The summed E-state index contributed by atoms with van der Waals surface area (Å²) in [7, 11) is 0. The Hall–Kier alpha value is -1.55. The maximum Gasteiger partial charge on any atom is 0.234 e. The van der Waals surface area contributed by atoms with Gasteiger partial charge in [-0.1, -0.05) is 0 Å². The molecule has 0 saturated heterocycles. The highest BCUT2D eigenvalue weighted by molar-refractivity contribution is 5.77. The summed E-state index contributed by atoms with van der Waals surface area (Å²) in [5.74, 6) is 0.494. The van der Waals surface area contributed by atoms with Crippen LogP contribution in [0.2, 0.25) is 0 Å². The topological polar surface area (TPSA) is 76.7 Å². The zero-order valence-corrected chi connectivity index (χ0v) is 8.70. The van der Waals surface area contributed by atoms with Crippen LogP contribution in [0.25, 0.3) is 0 Å². The van der Waals surface area contributed by atoms with Crippen molar-refractivity contribution in [2.75, 3.05) is 6.54 Å². The van der Waals surface area contributed by atoms with Crippen molar-refractivity contribution in [2.45, 2.75) is 32.1 Å². The summed E-state index contributed by atoms with van der Waals surface area (Å²) in [6.07, 6.45) is 3.83. The van der Waals surface area contributed by atoms with Crippen molar-refractivity contribution < 1.29 is 4.79 Å². The third-order valence-electron chi connectivity index (χ3n) is 2.86. The van der Waals surface area contributed by atoms with Crippen molar-refractivity contribution in [2.24, 2.45) is 11.8 Å². The van der Waals surface area contributed by atoms with E-state index in [0.29, 0.717) is 12.5 Å². The van der Waals surface area contributed by atoms with E-state index in [1.54, 1.807) is 0 Å². The summed E-state index contributed by atoms with van der Waals surface area (Å²) in [6, 6.07) is 4.10. The van der Waals surface area contributed by atoms with Crippen molar-refractivity contribution in [3.63, 3.8) is 0 Å². The van der Waals surface area contributed by atoms with Gasteiger partial charge in [0.05, 0.1) is 12.1 Å². The molecule has 1 N–H and O–H groups in total. The van der Waals surface area contributed by atoms with Crippen LogP contribution in [-0.2, 0) is 4.79 Å². The molecule has 0 atom stereocenters. The molecule has 0 aromatic heterocycles. The van der Waals surface area contributed by atoms with Gasteiger partial charge in [0, 0.05) is 12.5 Å². The average molecular weight is 205 g/mol. The molecule has 15 heavy (non-hydrogen) atoms. The molecule has 1 aliphatic carbocycles. The third-order valence-corrected chi connectivity index (χ3v) is 2.86. The van der Waals surface area contributed by atoms with Crippen molar-refractivity contribution in [3.8, 4) is 12.1 Å². The number of amides is 1. The molecule has 0 bridgehead atoms. The molecular formula is C11H15N3O. The molecule has 0 unspecified atom stereocenters. The number of hydrogen-bond acceptors (Lipinski definition) is 3. The molecule has 1 saturated carbocycles. The average Bonchev–Trinajstić information content (AvgIpc) is 2.27. The van der Waals surface area contributed by atoms with Crippen molar-refractivity contribution in [1.29, 1.82) is 10.5 Å². The number of carbonyl (C=O) groups is 1. The zero-order chi connectivity index (χ0) is 11.1. The maximum absolute atomic E-state index is 11.0. The van der Waals surface area contributed by atoms with E-state index in [2.05, 4.69) is 11.4 Å². The predicted molar refractivity (Wildman–Crippen MR) is 54.3 cm³/mol. The summed E-state index contributed by atoms with van der Waals surface area (Å²) < 4.78 is 0. The fraction of sp³-hybridized carbons (Fsp3) is 0.727. The molecule has 0 radical (unpaired) electrons. The SMILES string of the molecule is N#CCC(=O)NCC1CCC(C#N)CC1. The summed E-state index contributed by atoms with van der Waals surface area (Å²) >= 11 is 0. The highest BCUT2D eigenvalue weighted by Gasteiger charge is 2.20. The smallest absolute Gasteiger partial charge is 0.234 e. The Kier molecular flexibility index (Phi) is 4.63. The van der Waals surface area contributed by atoms with Gasteiger partial charge in [-0.15, -0.1) is 0 Å². The van der Waals surface area contributed by atoms with Gasteiger partial charge < -0.3 is 5.32 Å². The Bertz CT molecular complexity index is 292. The second-order valence-corrected chi connectivity index (χ2v) is 3.99. The van der Waals surface area contributed by atoms with Gasteiger partial charge in [-0.05, 0) is 31.6 Å². The zero-order valence-electron chi connectivity index (χ0n) is 8.70. The number of rotatable bonds is 3. The lowest BCUT2D eigenvalue weighted by Gasteiger charge is -2.24. The van der Waals surface area contributed by atoms with Crippen LogP contribution in [0, 0.1) is 34.5 Å². The molecule has 1 rings (SSSR count). The minimum absolute atomic E-state index is 0.0620. The molecule has 0 heterocycles. The van der Waals surface area contributed by atoms with Crippen molar-refractivity contribution >= 4 is 5.91 Å². The Morgan fingerprint density at radius 1 is 1.27 bits per heavy atom. The Morgan fingerprint density at radius 2 is 1.93 bits per heavy atom. The van der Waals surface area contributed by atoms with E-state index in [9.17, 15) is 4.79 Å². The number of nitriles is 2. The molecule has 1 fully saturated rings. The summed E-state index contributed by atoms with van der Waals surface area (Å²) in [5, 5.41) is 19.7. The first kappa shape index (κ1) is 11.5. The molecule has 1 amide bonds. The Morgan fingerprint density at radius 3 is 2.47 bits per heavy atom. The molecule has 4 nitrogen and oxygen atoms in total. The lowest BCUT2D eigenvalue weighted by molar-refractivity contribution is -0.120. The number of nitrogens with zero attached hydrogens (tertiary/aromatic N) is 2. The van der Waals surface area contributed by atoms with E-state index in [4.69, 9.17) is 10.5 Å². The lowest BCUT2D eigenvalue weighted by atomic mass is 9.83. The quantitative estimate of drug-likeness (QED) is 0.755. The lowest BCUT2D eigenvalue weighted by Crippen LogP contribution is -2.30. The van der Waals surface area contributed by atoms with E-state index < -0.39 is 0 Å². The van der Waals surface area contributed by atoms with Crippen molar-refractivity contribution in [1.82, 2.24) is 5.32 Å². The van der Waals surface area contributed by atoms with E-state index >= 15 is 0 Å². The molecule has 0 spiro atoms. The van der Waals surface area contributed by atoms with Gasteiger partial charge in [0.1, 0.15) is 6.42 Å². The minimum Gasteiger partial charge on any atom is -0.355 e. The highest BCUT2D eigenvalue weighted by Crippen LogP contribution is 2.27. The highest BCUT2D eigenvalue weighted by atomic mass is 16.1. The van der Waals surface area contributed by atoms with Gasteiger partial charge in [0.2, 0.25) is 5.91 Å². The van der Waals surface area contributed by atoms with Gasteiger partial charge in [0.15, 0.2) is 0 Å². The first-order valence-corrected chi connectivity index (χ1v) is 5.29. The second kappa shape index (κ2) is 6.03. The molecule has 1 aliphatic rings. The van der Waals surface area contributed by atoms with E-state index in [1.165, 1.54) is 0 Å². The van der Waals surface area contributed by atoms with Crippen LogP contribution in [0.3, 0.4) is 0 Å². The monoisotopic (exact) mass is 205 g/mol. The molecule has 4 heteroatoms. The Balaban J connectivity index is 2.17. The van der Waals surface area contributed by atoms with Crippen molar-refractivity contribution in [3.05, 3.63) is 0 Å². The normalized spacial score (nSPS) is 24.9. The molecular weight excluding hydrogens is 190 g/mol. The van der Waals surface area contributed by atoms with Crippen LogP contribution in [0.1, 0.15) is 32.1 Å². The molecule has 0 aromatic carbocycles.